The van der Waals surface area contributed by atoms with E-state index in [9.17, 15) is 9.18 Å². The minimum atomic E-state index is -0.303. The summed E-state index contributed by atoms with van der Waals surface area (Å²) in [6.45, 7) is 6.95. The number of rotatable bonds is 6. The first-order valence-electron chi connectivity index (χ1n) is 9.42. The summed E-state index contributed by atoms with van der Waals surface area (Å²) in [6, 6.07) is 14.0. The number of halogens is 1. The monoisotopic (exact) mass is 373 g/mol. The van der Waals surface area contributed by atoms with E-state index >= 15 is 0 Å². The lowest BCUT2D eigenvalue weighted by Gasteiger charge is -2.32. The number of benzene rings is 2. The van der Waals surface area contributed by atoms with Gasteiger partial charge in [0.1, 0.15) is 44.3 Å². The molecule has 1 heterocycles. The largest absolute Gasteiger partial charge is 0.497 e. The zero-order valence-corrected chi connectivity index (χ0v) is 15.9. The topological polar surface area (TPSA) is 47.2 Å². The molecule has 6 heteroatoms. The van der Waals surface area contributed by atoms with Gasteiger partial charge in [-0.05, 0) is 55.5 Å². The van der Waals surface area contributed by atoms with E-state index in [4.69, 9.17) is 4.74 Å². The van der Waals surface area contributed by atoms with Gasteiger partial charge in [0.2, 0.25) is 0 Å². The maximum absolute atomic E-state index is 13.0. The first-order valence-corrected chi connectivity index (χ1v) is 9.42. The van der Waals surface area contributed by atoms with E-state index < -0.39 is 0 Å². The summed E-state index contributed by atoms with van der Waals surface area (Å²) in [6.07, 6.45) is 0. The predicted molar refractivity (Wildman–Crippen MR) is 103 cm³/mol. The van der Waals surface area contributed by atoms with Crippen LogP contribution in [0.4, 0.5) is 10.1 Å². The Morgan fingerprint density at radius 2 is 1.70 bits per heavy atom. The fourth-order valence-corrected chi connectivity index (χ4v) is 3.54. The molecule has 0 radical (unpaired) electrons. The van der Waals surface area contributed by atoms with Crippen molar-refractivity contribution in [3.63, 3.8) is 0 Å². The van der Waals surface area contributed by atoms with Crippen LogP contribution in [0, 0.1) is 5.82 Å². The van der Waals surface area contributed by atoms with Gasteiger partial charge in [0.05, 0.1) is 7.11 Å². The van der Waals surface area contributed by atoms with Crippen LogP contribution >= 0.6 is 0 Å². The summed E-state index contributed by atoms with van der Waals surface area (Å²) in [5.41, 5.74) is 1.94. The number of carbonyl (C=O) groups excluding carboxylic acids is 1. The molecule has 27 heavy (non-hydrogen) atoms. The first kappa shape index (κ1) is 19.3. The molecule has 3 rings (SSSR count). The van der Waals surface area contributed by atoms with Crippen molar-refractivity contribution in [2.75, 3.05) is 38.6 Å². The molecule has 0 aromatic heterocycles. The number of methoxy groups -OCH3 is 1. The molecule has 2 aromatic carbocycles. The number of nitrogens with one attached hydrogen (secondary N) is 3. The number of hydrogen-bond donors (Lipinski definition) is 3. The number of ether oxygens (including phenoxy) is 1. The molecule has 144 valence electrons. The van der Waals surface area contributed by atoms with Crippen molar-refractivity contribution in [1.82, 2.24) is 0 Å². The molecular formula is C21H28FN3O2+2. The smallest absolute Gasteiger partial charge is 0.282 e. The second-order valence-electron chi connectivity index (χ2n) is 7.15. The lowest BCUT2D eigenvalue weighted by atomic mass is 10.1. The van der Waals surface area contributed by atoms with Crippen molar-refractivity contribution >= 4 is 11.6 Å². The molecule has 1 aliphatic rings. The summed E-state index contributed by atoms with van der Waals surface area (Å²) >= 11 is 0. The van der Waals surface area contributed by atoms with E-state index in [0.29, 0.717) is 5.69 Å². The molecule has 0 aliphatic carbocycles. The van der Waals surface area contributed by atoms with Gasteiger partial charge in [-0.2, -0.15) is 0 Å². The minimum Gasteiger partial charge on any atom is -0.497 e. The SMILES string of the molecule is COc1ccc(C[NH+]2CC[NH+]([C@@H](C)C(=O)Nc3ccc(F)cc3)CC2)cc1. The number of amides is 1. The highest BCUT2D eigenvalue weighted by atomic mass is 19.1. The van der Waals surface area contributed by atoms with Crippen LogP contribution in [-0.2, 0) is 11.3 Å². The Morgan fingerprint density at radius 3 is 2.30 bits per heavy atom. The Labute approximate surface area is 159 Å². The summed E-state index contributed by atoms with van der Waals surface area (Å²) in [5.74, 6) is 0.557. The highest BCUT2D eigenvalue weighted by Gasteiger charge is 2.31. The van der Waals surface area contributed by atoms with Crippen LogP contribution in [0.15, 0.2) is 48.5 Å². The molecule has 1 saturated heterocycles. The Hall–Kier alpha value is -2.44. The van der Waals surface area contributed by atoms with Gasteiger partial charge in [-0.15, -0.1) is 0 Å². The van der Waals surface area contributed by atoms with Gasteiger partial charge in [-0.1, -0.05) is 0 Å². The minimum absolute atomic E-state index is 0.0183. The van der Waals surface area contributed by atoms with Crippen LogP contribution in [-0.4, -0.2) is 45.2 Å². The van der Waals surface area contributed by atoms with Crippen molar-refractivity contribution in [2.45, 2.75) is 19.5 Å². The molecule has 5 nitrogen and oxygen atoms in total. The fraction of sp³-hybridized carbons (Fsp3) is 0.381. The van der Waals surface area contributed by atoms with E-state index in [1.807, 2.05) is 19.1 Å². The third kappa shape index (κ3) is 5.28. The number of hydrogen-bond acceptors (Lipinski definition) is 2. The van der Waals surface area contributed by atoms with Gasteiger partial charge < -0.3 is 19.9 Å². The quantitative estimate of drug-likeness (QED) is 0.675. The van der Waals surface area contributed by atoms with Crippen LogP contribution in [0.2, 0.25) is 0 Å². The lowest BCUT2D eigenvalue weighted by molar-refractivity contribution is -1.02. The van der Waals surface area contributed by atoms with Crippen LogP contribution in [0.25, 0.3) is 0 Å². The average molecular weight is 373 g/mol. The Balaban J connectivity index is 1.47. The van der Waals surface area contributed by atoms with Gasteiger partial charge in [0.15, 0.2) is 6.04 Å². The fourth-order valence-electron chi connectivity index (χ4n) is 3.54. The third-order valence-electron chi connectivity index (χ3n) is 5.33. The van der Waals surface area contributed by atoms with E-state index in [-0.39, 0.29) is 17.8 Å². The molecule has 1 atom stereocenters. The predicted octanol–water partition coefficient (Wildman–Crippen LogP) is 0.145. The second-order valence-corrected chi connectivity index (χ2v) is 7.15. The van der Waals surface area contributed by atoms with Gasteiger partial charge in [0.25, 0.3) is 5.91 Å². The number of carbonyl (C=O) groups is 1. The summed E-state index contributed by atoms with van der Waals surface area (Å²) in [4.78, 5) is 15.3. The molecule has 0 unspecified atom stereocenters. The Morgan fingerprint density at radius 1 is 1.07 bits per heavy atom. The average Bonchev–Trinajstić information content (AvgIpc) is 2.70. The Kier molecular flexibility index (Phi) is 6.42. The van der Waals surface area contributed by atoms with Crippen LogP contribution in [0.3, 0.4) is 0 Å². The molecule has 1 amide bonds. The van der Waals surface area contributed by atoms with Crippen molar-refractivity contribution in [3.8, 4) is 5.75 Å². The van der Waals surface area contributed by atoms with Crippen LogP contribution in [0.5, 0.6) is 5.75 Å². The van der Waals surface area contributed by atoms with E-state index in [0.717, 1.165) is 38.5 Å². The zero-order chi connectivity index (χ0) is 19.2. The van der Waals surface area contributed by atoms with Crippen molar-refractivity contribution in [2.24, 2.45) is 0 Å². The molecule has 2 aromatic rings. The lowest BCUT2D eigenvalue weighted by Crippen LogP contribution is -3.29. The summed E-state index contributed by atoms with van der Waals surface area (Å²) in [5, 5.41) is 2.88. The van der Waals surface area contributed by atoms with Crippen LogP contribution in [0.1, 0.15) is 12.5 Å². The van der Waals surface area contributed by atoms with E-state index in [1.54, 1.807) is 19.2 Å². The Bertz CT molecular complexity index is 741. The third-order valence-corrected chi connectivity index (χ3v) is 5.33. The number of quaternary nitrogens is 2. The van der Waals surface area contributed by atoms with E-state index in [2.05, 4.69) is 17.4 Å². The van der Waals surface area contributed by atoms with Gasteiger partial charge in [0, 0.05) is 11.3 Å². The van der Waals surface area contributed by atoms with Gasteiger partial charge >= 0.3 is 0 Å². The molecule has 1 fully saturated rings. The van der Waals surface area contributed by atoms with Crippen molar-refractivity contribution in [1.29, 1.82) is 0 Å². The zero-order valence-electron chi connectivity index (χ0n) is 15.9. The van der Waals surface area contributed by atoms with E-state index in [1.165, 1.54) is 27.5 Å². The standard InChI is InChI=1S/C21H26FN3O2/c1-16(21(26)23-19-7-5-18(22)6-8-19)25-13-11-24(12-14-25)15-17-3-9-20(27-2)10-4-17/h3-10,16H,11-15H2,1-2H3,(H,23,26)/p+2/t16-/m0/s1. The second kappa shape index (κ2) is 8.97. The molecular weight excluding hydrogens is 345 g/mol. The first-order chi connectivity index (χ1) is 13.0. The van der Waals surface area contributed by atoms with Crippen molar-refractivity contribution in [3.05, 3.63) is 59.9 Å². The van der Waals surface area contributed by atoms with Gasteiger partial charge in [-0.3, -0.25) is 4.79 Å². The normalized spacial score (nSPS) is 20.7. The molecule has 1 aliphatic heterocycles. The molecule has 0 saturated carbocycles. The number of piperazine rings is 1. The molecule has 0 spiro atoms. The van der Waals surface area contributed by atoms with Crippen LogP contribution < -0.4 is 19.9 Å². The number of anilines is 1. The summed E-state index contributed by atoms with van der Waals surface area (Å²) in [7, 11) is 1.68. The molecule has 0 bridgehead atoms. The maximum Gasteiger partial charge on any atom is 0.282 e. The maximum atomic E-state index is 13.0. The highest BCUT2D eigenvalue weighted by Crippen LogP contribution is 2.10. The summed E-state index contributed by atoms with van der Waals surface area (Å²) < 4.78 is 18.2. The highest BCUT2D eigenvalue weighted by molar-refractivity contribution is 5.93. The van der Waals surface area contributed by atoms with Gasteiger partial charge in [-0.25, -0.2) is 4.39 Å². The van der Waals surface area contributed by atoms with Crippen molar-refractivity contribution < 1.29 is 23.7 Å². The molecule has 3 N–H and O–H groups in total.